The largest absolute Gasteiger partial charge is 0.307 e. The fourth-order valence-electron chi connectivity index (χ4n) is 3.35. The van der Waals surface area contributed by atoms with Gasteiger partial charge in [-0.3, -0.25) is 4.79 Å². The van der Waals surface area contributed by atoms with Gasteiger partial charge in [0.05, 0.1) is 11.8 Å². The fraction of sp³-hybridized carbons (Fsp3) is 0.929. The molecule has 2 saturated carbocycles. The van der Waals surface area contributed by atoms with Crippen LogP contribution in [0, 0.1) is 5.92 Å². The minimum atomic E-state index is -3.00. The van der Waals surface area contributed by atoms with Gasteiger partial charge in [-0.1, -0.05) is 19.3 Å². The quantitative estimate of drug-likeness (QED) is 0.836. The topological polar surface area (TPSA) is 63.2 Å². The van der Waals surface area contributed by atoms with Gasteiger partial charge >= 0.3 is 0 Å². The average Bonchev–Trinajstić information content (AvgIpc) is 2.88. The van der Waals surface area contributed by atoms with Crippen LogP contribution >= 0.6 is 0 Å². The lowest BCUT2D eigenvalue weighted by molar-refractivity contribution is -0.123. The third-order valence-electron chi connectivity index (χ3n) is 4.61. The molecule has 19 heavy (non-hydrogen) atoms. The first-order valence-electron chi connectivity index (χ1n) is 7.42. The van der Waals surface area contributed by atoms with Crippen LogP contribution in [0.1, 0.15) is 51.4 Å². The zero-order chi connectivity index (χ0) is 13.9. The lowest BCUT2D eigenvalue weighted by atomic mass is 9.85. The molecule has 0 spiro atoms. The molecule has 0 amide bonds. The van der Waals surface area contributed by atoms with Gasteiger partial charge in [0.15, 0.2) is 0 Å². The molecule has 1 N–H and O–H groups in total. The summed E-state index contributed by atoms with van der Waals surface area (Å²) in [7, 11) is -3.00. The lowest BCUT2D eigenvalue weighted by Gasteiger charge is -2.27. The van der Waals surface area contributed by atoms with Crippen LogP contribution < -0.4 is 5.32 Å². The molecule has 4 nitrogen and oxygen atoms in total. The summed E-state index contributed by atoms with van der Waals surface area (Å²) in [5, 5.41) is 3.03. The third kappa shape index (κ3) is 4.28. The molecule has 2 rings (SSSR count). The summed E-state index contributed by atoms with van der Waals surface area (Å²) in [5.41, 5.74) is 0. The zero-order valence-electron chi connectivity index (χ0n) is 11.7. The monoisotopic (exact) mass is 287 g/mol. The van der Waals surface area contributed by atoms with Crippen molar-refractivity contribution in [3.8, 4) is 0 Å². The van der Waals surface area contributed by atoms with Crippen molar-refractivity contribution in [2.24, 2.45) is 5.92 Å². The Hall–Kier alpha value is -0.420. The maximum absolute atomic E-state index is 12.2. The summed E-state index contributed by atoms with van der Waals surface area (Å²) < 4.78 is 23.2. The Morgan fingerprint density at radius 1 is 1.11 bits per heavy atom. The van der Waals surface area contributed by atoms with Crippen molar-refractivity contribution in [1.82, 2.24) is 5.32 Å². The molecule has 2 aliphatic rings. The molecule has 0 radical (unpaired) electrons. The highest BCUT2D eigenvalue weighted by Crippen LogP contribution is 2.29. The minimum absolute atomic E-state index is 0.0534. The van der Waals surface area contributed by atoms with Crippen LogP contribution in [0.4, 0.5) is 0 Å². The van der Waals surface area contributed by atoms with Crippen LogP contribution in [-0.4, -0.2) is 38.3 Å². The maximum atomic E-state index is 12.2. The fourth-order valence-corrected chi connectivity index (χ4v) is 4.52. The van der Waals surface area contributed by atoms with E-state index in [0.29, 0.717) is 19.0 Å². The Kier molecular flexibility index (Phi) is 5.01. The number of sulfone groups is 1. The summed E-state index contributed by atoms with van der Waals surface area (Å²) >= 11 is 0. The molecular weight excluding hydrogens is 262 g/mol. The Balaban J connectivity index is 1.81. The first-order chi connectivity index (χ1) is 8.97. The van der Waals surface area contributed by atoms with Crippen LogP contribution in [-0.2, 0) is 14.6 Å². The molecule has 0 aromatic carbocycles. The molecule has 0 heterocycles. The zero-order valence-corrected chi connectivity index (χ0v) is 12.5. The highest BCUT2D eigenvalue weighted by atomic mass is 32.2. The van der Waals surface area contributed by atoms with Gasteiger partial charge in [0.2, 0.25) is 0 Å². The molecule has 0 aromatic heterocycles. The van der Waals surface area contributed by atoms with Crippen molar-refractivity contribution in [1.29, 1.82) is 0 Å². The second-order valence-electron chi connectivity index (χ2n) is 6.14. The number of rotatable bonds is 5. The molecule has 2 atom stereocenters. The second kappa shape index (κ2) is 6.35. The van der Waals surface area contributed by atoms with Gasteiger partial charge in [-0.15, -0.1) is 0 Å². The van der Waals surface area contributed by atoms with E-state index in [2.05, 4.69) is 5.32 Å². The Labute approximate surface area is 116 Å². The number of hydrogen-bond donors (Lipinski definition) is 1. The van der Waals surface area contributed by atoms with Crippen molar-refractivity contribution in [2.75, 3.05) is 12.8 Å². The summed E-state index contributed by atoms with van der Waals surface area (Å²) in [6, 6.07) is 0.498. The number of nitrogens with one attached hydrogen (secondary N) is 1. The van der Waals surface area contributed by atoms with Crippen LogP contribution in [0.5, 0.6) is 0 Å². The van der Waals surface area contributed by atoms with Crippen molar-refractivity contribution in [3.63, 3.8) is 0 Å². The molecule has 0 aromatic rings. The second-order valence-corrected chi connectivity index (χ2v) is 8.47. The van der Waals surface area contributed by atoms with E-state index < -0.39 is 9.84 Å². The summed E-state index contributed by atoms with van der Waals surface area (Å²) in [6.07, 6.45) is 9.11. The Morgan fingerprint density at radius 3 is 2.42 bits per heavy atom. The summed E-state index contributed by atoms with van der Waals surface area (Å²) in [4.78, 5) is 12.2. The van der Waals surface area contributed by atoms with Gasteiger partial charge in [0.25, 0.3) is 0 Å². The number of carbonyl (C=O) groups is 1. The number of hydrogen-bond acceptors (Lipinski definition) is 4. The van der Waals surface area contributed by atoms with E-state index in [1.54, 1.807) is 0 Å². The Bertz CT molecular complexity index is 412. The molecule has 0 bridgehead atoms. The van der Waals surface area contributed by atoms with Crippen molar-refractivity contribution in [2.45, 2.75) is 62.7 Å². The van der Waals surface area contributed by atoms with Gasteiger partial charge in [-0.25, -0.2) is 8.42 Å². The van der Waals surface area contributed by atoms with E-state index in [0.717, 1.165) is 19.3 Å². The SMILES string of the molecule is CS(=O)(=O)C1CCCC(C(=O)CNC2CCCC2)C1. The highest BCUT2D eigenvalue weighted by Gasteiger charge is 2.32. The van der Waals surface area contributed by atoms with Gasteiger partial charge in [-0.05, 0) is 32.1 Å². The van der Waals surface area contributed by atoms with Gasteiger partial charge in [-0.2, -0.15) is 0 Å². The maximum Gasteiger partial charge on any atom is 0.150 e. The van der Waals surface area contributed by atoms with E-state index in [9.17, 15) is 13.2 Å². The van der Waals surface area contributed by atoms with E-state index >= 15 is 0 Å². The number of ketones is 1. The lowest BCUT2D eigenvalue weighted by Crippen LogP contribution is -2.38. The molecule has 0 aliphatic heterocycles. The normalized spacial score (nSPS) is 29.5. The van der Waals surface area contributed by atoms with E-state index in [1.807, 2.05) is 0 Å². The van der Waals surface area contributed by atoms with Gasteiger partial charge < -0.3 is 5.32 Å². The molecule has 0 saturated heterocycles. The smallest absolute Gasteiger partial charge is 0.150 e. The predicted molar refractivity (Wildman–Crippen MR) is 75.9 cm³/mol. The van der Waals surface area contributed by atoms with Crippen molar-refractivity contribution >= 4 is 15.6 Å². The number of Topliss-reactive ketones (excluding diaryl/α,β-unsaturated/α-hetero) is 1. The molecule has 5 heteroatoms. The summed E-state index contributed by atoms with van der Waals surface area (Å²) in [5.74, 6) is 0.155. The number of carbonyl (C=O) groups excluding carboxylic acids is 1. The van der Waals surface area contributed by atoms with E-state index in [4.69, 9.17) is 0 Å². The van der Waals surface area contributed by atoms with Gasteiger partial charge in [0.1, 0.15) is 15.6 Å². The minimum Gasteiger partial charge on any atom is -0.307 e. The molecule has 110 valence electrons. The Morgan fingerprint density at radius 2 is 1.79 bits per heavy atom. The summed E-state index contributed by atoms with van der Waals surface area (Å²) in [6.45, 7) is 0.422. The first-order valence-corrected chi connectivity index (χ1v) is 9.37. The van der Waals surface area contributed by atoms with Crippen LogP contribution in [0.25, 0.3) is 0 Å². The van der Waals surface area contributed by atoms with Crippen molar-refractivity contribution in [3.05, 3.63) is 0 Å². The first kappa shape index (κ1) is 15.0. The van der Waals surface area contributed by atoms with Gasteiger partial charge in [0, 0.05) is 18.2 Å². The van der Waals surface area contributed by atoms with Crippen LogP contribution in [0.3, 0.4) is 0 Å². The van der Waals surface area contributed by atoms with E-state index in [-0.39, 0.29) is 17.0 Å². The van der Waals surface area contributed by atoms with Crippen LogP contribution in [0.2, 0.25) is 0 Å². The molecule has 2 fully saturated rings. The third-order valence-corrected chi connectivity index (χ3v) is 6.25. The highest BCUT2D eigenvalue weighted by molar-refractivity contribution is 7.91. The van der Waals surface area contributed by atoms with Crippen molar-refractivity contribution < 1.29 is 13.2 Å². The molecular formula is C14H25NO3S. The molecule has 2 aliphatic carbocycles. The standard InChI is InChI=1S/C14H25NO3S/c1-19(17,18)13-8-4-5-11(9-13)14(16)10-15-12-6-2-3-7-12/h11-13,15H,2-10H2,1H3. The molecule has 2 unspecified atom stereocenters. The predicted octanol–water partition coefficient (Wildman–Crippen LogP) is 1.69. The average molecular weight is 287 g/mol. The van der Waals surface area contributed by atoms with E-state index in [1.165, 1.54) is 31.9 Å². The van der Waals surface area contributed by atoms with Crippen LogP contribution in [0.15, 0.2) is 0 Å².